The Balaban J connectivity index is 1.21. The fourth-order valence-corrected chi connectivity index (χ4v) is 7.51. The average molecular weight is 759 g/mol. The summed E-state index contributed by atoms with van der Waals surface area (Å²) in [5, 5.41) is 31.5. The molecule has 3 aromatic rings. The van der Waals surface area contributed by atoms with Crippen molar-refractivity contribution in [3.05, 3.63) is 46.9 Å². The van der Waals surface area contributed by atoms with Gasteiger partial charge in [-0.25, -0.2) is 28.6 Å². The Bertz CT molecular complexity index is 1920. The highest BCUT2D eigenvalue weighted by Gasteiger charge is 2.50. The van der Waals surface area contributed by atoms with E-state index in [1.165, 1.54) is 0 Å². The fraction of sp³-hybridized carbons (Fsp3) is 0.476. The number of nitrogens with zero attached hydrogens (tertiary/aromatic N) is 5. The van der Waals surface area contributed by atoms with Crippen molar-refractivity contribution in [1.29, 1.82) is 0 Å². The molecule has 270 valence electrons. The van der Waals surface area contributed by atoms with Gasteiger partial charge in [-0.05, 0) is 0 Å². The van der Waals surface area contributed by atoms with Gasteiger partial charge in [-0.15, -0.1) is 0 Å². The lowest BCUT2D eigenvalue weighted by molar-refractivity contribution is -0.0540. The van der Waals surface area contributed by atoms with Gasteiger partial charge in [0.2, 0.25) is 0 Å². The number of hydrogen-bond donors (Lipinski definition) is 9. The Hall–Kier alpha value is -3.06. The fourth-order valence-electron chi connectivity index (χ4n) is 4.88. The van der Waals surface area contributed by atoms with E-state index in [4.69, 9.17) is 20.9 Å². The van der Waals surface area contributed by atoms with Crippen LogP contribution >= 0.6 is 23.5 Å². The number of nitrogens with two attached hydrogens (primary N) is 2. The van der Waals surface area contributed by atoms with E-state index in [2.05, 4.69) is 32.8 Å². The number of nitrogen functional groups attached to an aromatic ring is 1. The number of amides is 1. The number of primary amides is 1. The van der Waals surface area contributed by atoms with E-state index in [0.29, 0.717) is 0 Å². The van der Waals surface area contributed by atoms with Crippen molar-refractivity contribution in [2.24, 2.45) is 5.73 Å². The maximum Gasteiger partial charge on any atom is 0.481 e. The van der Waals surface area contributed by atoms with Crippen molar-refractivity contribution in [3.63, 3.8) is 0 Å². The molecule has 49 heavy (non-hydrogen) atoms. The predicted octanol–water partition coefficient (Wildman–Crippen LogP) is -3.02. The second-order valence-corrected chi connectivity index (χ2v) is 14.6. The maximum atomic E-state index is 12.6. The van der Waals surface area contributed by atoms with Crippen LogP contribution < -0.4 is 16.9 Å². The third kappa shape index (κ3) is 8.30. The highest BCUT2D eigenvalue weighted by Crippen LogP contribution is 2.61. The molecule has 5 heterocycles. The number of carbonyl (C=O) groups excluding carboxylic acids is 1. The van der Waals surface area contributed by atoms with Gasteiger partial charge in [0.25, 0.3) is 5.91 Å². The van der Waals surface area contributed by atoms with Crippen LogP contribution in [0.1, 0.15) is 22.8 Å². The summed E-state index contributed by atoms with van der Waals surface area (Å²) in [5.41, 5.74) is 9.73. The normalized spacial score (nSPS) is 29.9. The molecule has 2 aliphatic rings. The number of aromatic nitrogens is 5. The van der Waals surface area contributed by atoms with Crippen molar-refractivity contribution in [1.82, 2.24) is 24.1 Å². The zero-order chi connectivity index (χ0) is 36.1. The lowest BCUT2D eigenvalue weighted by Crippen LogP contribution is -2.35. The summed E-state index contributed by atoms with van der Waals surface area (Å²) < 4.78 is 68.0. The van der Waals surface area contributed by atoms with Gasteiger partial charge in [0, 0.05) is 18.5 Å². The monoisotopic (exact) mass is 759 g/mol. The lowest BCUT2D eigenvalue weighted by Gasteiger charge is -2.22. The SMILES string of the molecule is NC(=O)c1cn([C@@H]2O[C@H](COP(=O)(O)OP(=O)(O)OC[C@H]3O[C@@H](n4cnc5c(N)ncnc54)[C@H](OP(=O)(O)O)[C@@H]3O)[C@@H](O)[C@H]2O)ccc1=O. The van der Waals surface area contributed by atoms with Gasteiger partial charge in [-0.1, -0.05) is 0 Å². The van der Waals surface area contributed by atoms with Gasteiger partial charge in [0.15, 0.2) is 29.3 Å². The largest absolute Gasteiger partial charge is 0.481 e. The Labute approximate surface area is 272 Å². The number of carbonyl (C=O) groups is 1. The van der Waals surface area contributed by atoms with Gasteiger partial charge in [-0.2, -0.15) is 4.31 Å². The van der Waals surface area contributed by atoms with Crippen molar-refractivity contribution in [3.8, 4) is 0 Å². The Morgan fingerprint density at radius 3 is 2.14 bits per heavy atom. The molecular weight excluding hydrogens is 731 g/mol. The molecule has 11 N–H and O–H groups in total. The van der Waals surface area contributed by atoms with Crippen molar-refractivity contribution in [2.75, 3.05) is 18.9 Å². The first kappa shape index (κ1) is 37.2. The number of phosphoric ester groups is 3. The van der Waals surface area contributed by atoms with Gasteiger partial charge >= 0.3 is 23.5 Å². The van der Waals surface area contributed by atoms with Crippen LogP contribution in [0.4, 0.5) is 5.82 Å². The molecule has 3 aromatic heterocycles. The number of rotatable bonds is 13. The van der Waals surface area contributed by atoms with Gasteiger partial charge in [0.1, 0.15) is 54.0 Å². The molecule has 0 saturated carbocycles. The number of anilines is 1. The minimum Gasteiger partial charge on any atom is -0.387 e. The number of fused-ring (bicyclic) bond motifs is 1. The summed E-state index contributed by atoms with van der Waals surface area (Å²) in [6.45, 7) is -2.12. The van der Waals surface area contributed by atoms with Gasteiger partial charge in [-0.3, -0.25) is 27.7 Å². The van der Waals surface area contributed by atoms with Gasteiger partial charge < -0.3 is 60.4 Å². The second-order valence-electron chi connectivity index (χ2n) is 10.4. The number of pyridine rings is 1. The number of aliphatic hydroxyl groups is 3. The number of phosphoric acid groups is 3. The molecule has 2 unspecified atom stereocenters. The molecule has 2 aliphatic heterocycles. The molecule has 0 radical (unpaired) electrons. The highest BCUT2D eigenvalue weighted by molar-refractivity contribution is 7.61. The molecule has 0 spiro atoms. The van der Waals surface area contributed by atoms with Crippen LogP contribution in [0, 0.1) is 0 Å². The lowest BCUT2D eigenvalue weighted by atomic mass is 10.1. The first-order chi connectivity index (χ1) is 22.8. The van der Waals surface area contributed by atoms with Crippen molar-refractivity contribution in [2.45, 2.75) is 49.1 Å². The van der Waals surface area contributed by atoms with E-state index in [1.54, 1.807) is 0 Å². The number of aliphatic hydroxyl groups excluding tert-OH is 3. The van der Waals surface area contributed by atoms with Crippen LogP contribution in [-0.2, 0) is 41.1 Å². The first-order valence-electron chi connectivity index (χ1n) is 13.5. The van der Waals surface area contributed by atoms with Crippen LogP contribution in [0.3, 0.4) is 0 Å². The highest BCUT2D eigenvalue weighted by atomic mass is 31.3. The Morgan fingerprint density at radius 1 is 0.918 bits per heavy atom. The maximum absolute atomic E-state index is 12.6. The minimum atomic E-state index is -5.56. The van der Waals surface area contributed by atoms with E-state index < -0.39 is 103 Å². The summed E-state index contributed by atoms with van der Waals surface area (Å²) >= 11 is 0. The predicted molar refractivity (Wildman–Crippen MR) is 154 cm³/mol. The molecule has 0 aromatic carbocycles. The summed E-state index contributed by atoms with van der Waals surface area (Å²) in [5.74, 6) is -1.15. The molecular formula is C21H28N7O18P3. The molecule has 25 nitrogen and oxygen atoms in total. The number of imidazole rings is 1. The molecule has 5 rings (SSSR count). The zero-order valence-corrected chi connectivity index (χ0v) is 27.0. The molecule has 0 aliphatic carbocycles. The average Bonchev–Trinajstić information content (AvgIpc) is 3.64. The quantitative estimate of drug-likeness (QED) is 0.0783. The van der Waals surface area contributed by atoms with Crippen LogP contribution in [0.2, 0.25) is 0 Å². The molecule has 0 bridgehead atoms. The molecule has 2 saturated heterocycles. The molecule has 1 amide bonds. The first-order valence-corrected chi connectivity index (χ1v) is 18.0. The molecule has 2 fully saturated rings. The van der Waals surface area contributed by atoms with E-state index >= 15 is 0 Å². The molecule has 28 heteroatoms. The smallest absolute Gasteiger partial charge is 0.387 e. The Morgan fingerprint density at radius 2 is 1.53 bits per heavy atom. The standard InChI is InChI=1S/C21H28N7O18P3/c22-17-12-19(25-6-24-17)28(7-26-12)21-16(45-47(34,35)36)14(31)11(44-21)5-42-49(39,40)46-48(37,38)41-4-10-13(30)15(32)20(43-10)27-2-1-9(29)8(3-27)18(23)33/h1-3,6-7,10-11,13-16,20-21,30-32H,4-5H2,(H2,23,33)(H,37,38)(H,39,40)(H2,22,24,25)(H2,34,35,36)/t10-,11-,13-,14-,15-,16-,20-,21-/m1/s1. The van der Waals surface area contributed by atoms with E-state index in [0.717, 1.165) is 40.2 Å². The minimum absolute atomic E-state index is 0.00955. The van der Waals surface area contributed by atoms with E-state index in [1.807, 2.05) is 0 Å². The zero-order valence-electron chi connectivity index (χ0n) is 24.3. The van der Waals surface area contributed by atoms with Crippen molar-refractivity contribution >= 4 is 46.4 Å². The van der Waals surface area contributed by atoms with E-state index in [-0.39, 0.29) is 17.0 Å². The van der Waals surface area contributed by atoms with Crippen LogP contribution in [0.15, 0.2) is 35.9 Å². The van der Waals surface area contributed by atoms with Gasteiger partial charge in [0.05, 0.1) is 19.5 Å². The third-order valence-electron chi connectivity index (χ3n) is 7.08. The summed E-state index contributed by atoms with van der Waals surface area (Å²) in [6, 6.07) is 0.937. The van der Waals surface area contributed by atoms with Crippen LogP contribution in [-0.4, -0.2) is 115 Å². The summed E-state index contributed by atoms with van der Waals surface area (Å²) in [6.07, 6.45) is -9.44. The van der Waals surface area contributed by atoms with Crippen LogP contribution in [0.5, 0.6) is 0 Å². The molecule has 10 atom stereocenters. The summed E-state index contributed by atoms with van der Waals surface area (Å²) in [7, 11) is -16.4. The third-order valence-corrected chi connectivity index (χ3v) is 10.2. The number of hydrogen-bond acceptors (Lipinski definition) is 18. The van der Waals surface area contributed by atoms with E-state index in [9.17, 15) is 58.2 Å². The number of ether oxygens (including phenoxy) is 2. The Kier molecular flexibility index (Phi) is 10.6. The second kappa shape index (κ2) is 13.9. The van der Waals surface area contributed by atoms with Crippen LogP contribution in [0.25, 0.3) is 11.2 Å². The topological polar surface area (TPSA) is 383 Å². The summed E-state index contributed by atoms with van der Waals surface area (Å²) in [4.78, 5) is 74.0. The van der Waals surface area contributed by atoms with Crippen molar-refractivity contribution < 1.29 is 80.7 Å².